The summed E-state index contributed by atoms with van der Waals surface area (Å²) in [5.41, 5.74) is -0.0553. The van der Waals surface area contributed by atoms with Gasteiger partial charge in [-0.3, -0.25) is 4.79 Å². The first-order valence-electron chi connectivity index (χ1n) is 4.82. The highest BCUT2D eigenvalue weighted by Gasteiger charge is 2.21. The van der Waals surface area contributed by atoms with Crippen LogP contribution in [0.3, 0.4) is 0 Å². The Kier molecular flexibility index (Phi) is 4.38. The van der Waals surface area contributed by atoms with Crippen LogP contribution in [-0.2, 0) is 14.8 Å². The van der Waals surface area contributed by atoms with Gasteiger partial charge in [0.2, 0.25) is 10.0 Å². The molecule has 1 rings (SSSR count). The van der Waals surface area contributed by atoms with Crippen molar-refractivity contribution in [1.82, 2.24) is 4.72 Å². The molecule has 0 aliphatic rings. The molecule has 1 aromatic rings. The molecule has 0 aromatic heterocycles. The van der Waals surface area contributed by atoms with Gasteiger partial charge in [0, 0.05) is 12.1 Å². The van der Waals surface area contributed by atoms with Crippen molar-refractivity contribution < 1.29 is 28.8 Å². The minimum atomic E-state index is -3.97. The summed E-state index contributed by atoms with van der Waals surface area (Å²) in [5.74, 6) is -1.30. The third kappa shape index (κ3) is 3.48. The monoisotopic (exact) mass is 276 g/mol. The van der Waals surface area contributed by atoms with Crippen LogP contribution >= 0.6 is 0 Å². The first kappa shape index (κ1) is 14.5. The van der Waals surface area contributed by atoms with E-state index in [-0.39, 0.29) is 10.6 Å². The summed E-state index contributed by atoms with van der Waals surface area (Å²) in [4.78, 5) is 10.4. The molecule has 0 amide bonds. The summed E-state index contributed by atoms with van der Waals surface area (Å²) in [6.07, 6.45) is 0. The minimum absolute atomic E-state index is 0.0553. The lowest BCUT2D eigenvalue weighted by molar-refractivity contribution is -0.991. The van der Waals surface area contributed by atoms with Gasteiger partial charge in [-0.2, -0.15) is 9.95 Å². The molecular formula is C9H12N2O6S. The van der Waals surface area contributed by atoms with Gasteiger partial charge in [-0.05, 0) is 19.1 Å². The van der Waals surface area contributed by atoms with Crippen LogP contribution in [0.25, 0.3) is 0 Å². The van der Waals surface area contributed by atoms with Crippen molar-refractivity contribution in [2.75, 3.05) is 0 Å². The maximum absolute atomic E-state index is 11.7. The van der Waals surface area contributed by atoms with E-state index in [1.54, 1.807) is 0 Å². The standard InChI is InChI=1S/C9H12N2O6S/c1-6(9(12)13)10-18(16,17)8-4-2-7(3-5-8)11(14)15/h2-6,10-11,14H,1H3,(H,12,13). The summed E-state index contributed by atoms with van der Waals surface area (Å²) < 4.78 is 25.4. The Balaban J connectivity index is 2.95. The second kappa shape index (κ2) is 5.42. The van der Waals surface area contributed by atoms with Gasteiger partial charge in [0.15, 0.2) is 5.69 Å². The average Bonchev–Trinajstić information content (AvgIpc) is 2.28. The molecule has 0 bridgehead atoms. The van der Waals surface area contributed by atoms with Crippen LogP contribution in [0.5, 0.6) is 0 Å². The number of carboxylic acid groups (broad SMARTS) is 1. The van der Waals surface area contributed by atoms with E-state index in [1.807, 2.05) is 4.72 Å². The van der Waals surface area contributed by atoms with Crippen molar-refractivity contribution in [3.8, 4) is 0 Å². The highest BCUT2D eigenvalue weighted by molar-refractivity contribution is 7.89. The van der Waals surface area contributed by atoms with Gasteiger partial charge in [-0.1, -0.05) is 0 Å². The van der Waals surface area contributed by atoms with Gasteiger partial charge in [-0.15, -0.1) is 0 Å². The largest absolute Gasteiger partial charge is 0.595 e. The van der Waals surface area contributed by atoms with Crippen LogP contribution in [0.1, 0.15) is 6.92 Å². The summed E-state index contributed by atoms with van der Waals surface area (Å²) in [5, 5.41) is 26.7. The molecule has 0 fully saturated rings. The normalized spacial score (nSPS) is 15.1. The highest BCUT2D eigenvalue weighted by atomic mass is 32.2. The SMILES string of the molecule is CC(NS(=O)(=O)c1ccc([NH+]([O-])O)cc1)C(=O)O. The molecule has 0 aliphatic heterocycles. The Morgan fingerprint density at radius 1 is 1.39 bits per heavy atom. The molecular weight excluding hydrogens is 264 g/mol. The van der Waals surface area contributed by atoms with Crippen LogP contribution in [-0.4, -0.2) is 30.7 Å². The lowest BCUT2D eigenvalue weighted by Gasteiger charge is -2.13. The second-order valence-electron chi connectivity index (χ2n) is 3.51. The van der Waals surface area contributed by atoms with E-state index in [1.165, 1.54) is 6.92 Å². The molecule has 8 nitrogen and oxygen atoms in total. The zero-order valence-corrected chi connectivity index (χ0v) is 10.1. The van der Waals surface area contributed by atoms with E-state index in [0.29, 0.717) is 0 Å². The van der Waals surface area contributed by atoms with Crippen molar-refractivity contribution in [3.63, 3.8) is 0 Å². The fraction of sp³-hybridized carbons (Fsp3) is 0.222. The van der Waals surface area contributed by atoms with Gasteiger partial charge in [-0.25, -0.2) is 13.6 Å². The zero-order valence-electron chi connectivity index (χ0n) is 9.32. The number of benzene rings is 1. The predicted octanol–water partition coefficient (Wildman–Crippen LogP) is -1.16. The van der Waals surface area contributed by atoms with Crippen molar-refractivity contribution in [2.45, 2.75) is 17.9 Å². The first-order valence-corrected chi connectivity index (χ1v) is 6.31. The van der Waals surface area contributed by atoms with E-state index < -0.39 is 27.3 Å². The minimum Gasteiger partial charge on any atom is -0.595 e. The molecule has 9 heteroatoms. The van der Waals surface area contributed by atoms with Crippen LogP contribution in [0.2, 0.25) is 0 Å². The Morgan fingerprint density at radius 2 is 1.89 bits per heavy atom. The third-order valence-corrected chi connectivity index (χ3v) is 3.67. The van der Waals surface area contributed by atoms with E-state index in [9.17, 15) is 18.4 Å². The third-order valence-electron chi connectivity index (χ3n) is 2.11. The van der Waals surface area contributed by atoms with E-state index >= 15 is 0 Å². The van der Waals surface area contributed by atoms with Gasteiger partial charge < -0.3 is 10.3 Å². The molecule has 0 aliphatic carbocycles. The number of carboxylic acids is 1. The molecule has 2 atom stereocenters. The number of nitrogens with one attached hydrogen (secondary N) is 2. The van der Waals surface area contributed by atoms with Gasteiger partial charge in [0.1, 0.15) is 6.04 Å². The summed E-state index contributed by atoms with van der Waals surface area (Å²) in [6, 6.07) is 3.18. The molecule has 0 saturated carbocycles. The zero-order chi connectivity index (χ0) is 13.9. The molecule has 4 N–H and O–H groups in total. The van der Waals surface area contributed by atoms with Gasteiger partial charge >= 0.3 is 5.97 Å². The fourth-order valence-electron chi connectivity index (χ4n) is 1.13. The van der Waals surface area contributed by atoms with Crippen molar-refractivity contribution in [2.24, 2.45) is 0 Å². The number of sulfonamides is 1. The number of quaternary nitrogens is 1. The quantitative estimate of drug-likeness (QED) is 0.502. The van der Waals surface area contributed by atoms with Crippen LogP contribution in [0, 0.1) is 5.21 Å². The van der Waals surface area contributed by atoms with Crippen molar-refractivity contribution in [3.05, 3.63) is 29.5 Å². The second-order valence-corrected chi connectivity index (χ2v) is 5.22. The first-order chi connectivity index (χ1) is 8.24. The topological polar surface area (TPSA) is 131 Å². The number of aliphatic carboxylic acids is 1. The Morgan fingerprint density at radius 3 is 2.28 bits per heavy atom. The van der Waals surface area contributed by atoms with E-state index in [2.05, 4.69) is 0 Å². The molecule has 100 valence electrons. The lowest BCUT2D eigenvalue weighted by atomic mass is 10.3. The lowest BCUT2D eigenvalue weighted by Crippen LogP contribution is -2.99. The summed E-state index contributed by atoms with van der Waals surface area (Å²) in [7, 11) is -3.97. The van der Waals surface area contributed by atoms with Crippen molar-refractivity contribution >= 4 is 21.7 Å². The number of hydrogen-bond donors (Lipinski definition) is 4. The van der Waals surface area contributed by atoms with Crippen LogP contribution in [0.15, 0.2) is 29.2 Å². The predicted molar refractivity (Wildman–Crippen MR) is 59.6 cm³/mol. The van der Waals surface area contributed by atoms with Crippen molar-refractivity contribution in [1.29, 1.82) is 0 Å². The molecule has 18 heavy (non-hydrogen) atoms. The number of carbonyl (C=O) groups is 1. The van der Waals surface area contributed by atoms with Gasteiger partial charge in [0.25, 0.3) is 0 Å². The molecule has 0 radical (unpaired) electrons. The molecule has 0 heterocycles. The maximum atomic E-state index is 11.7. The Labute approximate surface area is 103 Å². The number of hydrogen-bond acceptors (Lipinski definition) is 5. The number of rotatable bonds is 5. The Hall–Kier alpha value is -1.52. The van der Waals surface area contributed by atoms with E-state index in [0.717, 1.165) is 24.3 Å². The molecule has 0 saturated heterocycles. The van der Waals surface area contributed by atoms with E-state index in [4.69, 9.17) is 10.3 Å². The average molecular weight is 276 g/mol. The van der Waals surface area contributed by atoms with Crippen LogP contribution in [0.4, 0.5) is 5.69 Å². The molecule has 0 spiro atoms. The summed E-state index contributed by atoms with van der Waals surface area (Å²) in [6.45, 7) is 1.19. The van der Waals surface area contributed by atoms with Crippen LogP contribution < -0.4 is 9.95 Å². The fourth-order valence-corrected chi connectivity index (χ4v) is 2.32. The smallest absolute Gasteiger partial charge is 0.321 e. The molecule has 1 aromatic carbocycles. The summed E-state index contributed by atoms with van der Waals surface area (Å²) >= 11 is 0. The van der Waals surface area contributed by atoms with Gasteiger partial charge in [0.05, 0.1) is 4.90 Å². The maximum Gasteiger partial charge on any atom is 0.321 e. The highest BCUT2D eigenvalue weighted by Crippen LogP contribution is 2.11. The molecule has 2 unspecified atom stereocenters. The Bertz CT molecular complexity index is 524.